The first-order valence-electron chi connectivity index (χ1n) is 8.43. The normalized spacial score (nSPS) is 11.7. The average molecular weight is 368 g/mol. The Bertz CT molecular complexity index is 740. The van der Waals surface area contributed by atoms with Gasteiger partial charge in [0.2, 0.25) is 0 Å². The maximum atomic E-state index is 12.9. The minimum Gasteiger partial charge on any atom is -0.338 e. The Kier molecular flexibility index (Phi) is 6.28. The van der Waals surface area contributed by atoms with Crippen LogP contribution in [0.4, 0.5) is 18.0 Å². The summed E-state index contributed by atoms with van der Waals surface area (Å²) < 4.78 is 40.4. The monoisotopic (exact) mass is 368 g/mol. The van der Waals surface area contributed by atoms with Gasteiger partial charge in [-0.25, -0.2) is 9.78 Å². The van der Waals surface area contributed by atoms with Crippen molar-refractivity contribution in [1.82, 2.24) is 19.8 Å². The SMILES string of the molecule is CCNC(=O)N(Cc1nccn1Cc1cccc(C(F)(F)F)c1)C(C)C. The minimum atomic E-state index is -4.37. The van der Waals surface area contributed by atoms with Gasteiger partial charge >= 0.3 is 12.2 Å². The molecular formula is C18H23F3N4O. The van der Waals surface area contributed by atoms with Gasteiger partial charge in [-0.1, -0.05) is 12.1 Å². The van der Waals surface area contributed by atoms with Crippen molar-refractivity contribution in [2.24, 2.45) is 0 Å². The van der Waals surface area contributed by atoms with Crippen molar-refractivity contribution in [1.29, 1.82) is 0 Å². The molecule has 142 valence electrons. The molecule has 8 heteroatoms. The molecule has 0 atom stereocenters. The van der Waals surface area contributed by atoms with E-state index in [0.29, 0.717) is 17.9 Å². The van der Waals surface area contributed by atoms with Gasteiger partial charge in [-0.3, -0.25) is 0 Å². The fraction of sp³-hybridized carbons (Fsp3) is 0.444. The quantitative estimate of drug-likeness (QED) is 0.841. The Morgan fingerprint density at radius 3 is 2.69 bits per heavy atom. The first-order chi connectivity index (χ1) is 12.2. The molecule has 1 heterocycles. The van der Waals surface area contributed by atoms with Gasteiger partial charge in [-0.05, 0) is 38.5 Å². The van der Waals surface area contributed by atoms with Crippen LogP contribution < -0.4 is 5.32 Å². The van der Waals surface area contributed by atoms with Crippen molar-refractivity contribution in [2.45, 2.75) is 46.1 Å². The summed E-state index contributed by atoms with van der Waals surface area (Å²) in [6.45, 7) is 6.67. The maximum absolute atomic E-state index is 12.9. The highest BCUT2D eigenvalue weighted by atomic mass is 19.4. The van der Waals surface area contributed by atoms with Gasteiger partial charge in [0, 0.05) is 31.5 Å². The zero-order valence-corrected chi connectivity index (χ0v) is 15.0. The van der Waals surface area contributed by atoms with Crippen LogP contribution in [0.5, 0.6) is 0 Å². The van der Waals surface area contributed by atoms with Crippen LogP contribution in [0.2, 0.25) is 0 Å². The number of rotatable bonds is 6. The van der Waals surface area contributed by atoms with Crippen LogP contribution in [0.1, 0.15) is 37.7 Å². The Labute approximate surface area is 150 Å². The summed E-state index contributed by atoms with van der Waals surface area (Å²) in [7, 11) is 0. The molecule has 0 saturated heterocycles. The van der Waals surface area contributed by atoms with Crippen LogP contribution in [-0.4, -0.2) is 33.1 Å². The van der Waals surface area contributed by atoms with Crippen molar-refractivity contribution >= 4 is 6.03 Å². The molecule has 26 heavy (non-hydrogen) atoms. The lowest BCUT2D eigenvalue weighted by molar-refractivity contribution is -0.137. The third kappa shape index (κ3) is 5.00. The van der Waals surface area contributed by atoms with Gasteiger partial charge in [0.05, 0.1) is 12.1 Å². The van der Waals surface area contributed by atoms with Crippen LogP contribution in [0.25, 0.3) is 0 Å². The number of hydrogen-bond acceptors (Lipinski definition) is 2. The number of carbonyl (C=O) groups excluding carboxylic acids is 1. The molecule has 0 fully saturated rings. The molecule has 0 aliphatic heterocycles. The highest BCUT2D eigenvalue weighted by molar-refractivity contribution is 5.74. The standard InChI is InChI=1S/C18H23F3N4O/c1-4-22-17(26)25(13(2)3)12-16-23-8-9-24(16)11-14-6-5-7-15(10-14)18(19,20)21/h5-10,13H,4,11-12H2,1-3H3,(H,22,26). The van der Waals surface area contributed by atoms with Crippen molar-refractivity contribution < 1.29 is 18.0 Å². The van der Waals surface area contributed by atoms with Crippen LogP contribution >= 0.6 is 0 Å². The lowest BCUT2D eigenvalue weighted by atomic mass is 10.1. The molecule has 0 unspecified atom stereocenters. The highest BCUT2D eigenvalue weighted by Gasteiger charge is 2.30. The second kappa shape index (κ2) is 8.25. The molecule has 2 aromatic rings. The average Bonchev–Trinajstić information content (AvgIpc) is 2.99. The van der Waals surface area contributed by atoms with Gasteiger partial charge in [0.15, 0.2) is 0 Å². The summed E-state index contributed by atoms with van der Waals surface area (Å²) in [6.07, 6.45) is -1.09. The number of imidazole rings is 1. The van der Waals surface area contributed by atoms with Gasteiger partial charge in [-0.15, -0.1) is 0 Å². The number of benzene rings is 1. The van der Waals surface area contributed by atoms with Gasteiger partial charge in [0.1, 0.15) is 5.82 Å². The molecule has 1 aromatic heterocycles. The van der Waals surface area contributed by atoms with Crippen molar-refractivity contribution in [2.75, 3.05) is 6.54 Å². The maximum Gasteiger partial charge on any atom is 0.416 e. The fourth-order valence-corrected chi connectivity index (χ4v) is 2.57. The van der Waals surface area contributed by atoms with E-state index in [1.54, 1.807) is 27.9 Å². The van der Waals surface area contributed by atoms with E-state index in [1.807, 2.05) is 20.8 Å². The smallest absolute Gasteiger partial charge is 0.338 e. The number of nitrogens with zero attached hydrogens (tertiary/aromatic N) is 3. The summed E-state index contributed by atoms with van der Waals surface area (Å²) in [5.41, 5.74) is -0.157. The van der Waals surface area contributed by atoms with E-state index in [2.05, 4.69) is 10.3 Å². The molecule has 0 bridgehead atoms. The van der Waals surface area contributed by atoms with E-state index in [9.17, 15) is 18.0 Å². The van der Waals surface area contributed by atoms with E-state index in [1.165, 1.54) is 6.07 Å². The molecule has 5 nitrogen and oxygen atoms in total. The third-order valence-corrected chi connectivity index (χ3v) is 3.93. The number of hydrogen-bond donors (Lipinski definition) is 1. The Morgan fingerprint density at radius 2 is 2.08 bits per heavy atom. The van der Waals surface area contributed by atoms with Crippen molar-refractivity contribution in [3.05, 3.63) is 53.6 Å². The zero-order valence-electron chi connectivity index (χ0n) is 15.0. The summed E-state index contributed by atoms with van der Waals surface area (Å²) >= 11 is 0. The molecule has 1 N–H and O–H groups in total. The van der Waals surface area contributed by atoms with Gasteiger partial charge in [-0.2, -0.15) is 13.2 Å². The van der Waals surface area contributed by atoms with E-state index in [-0.39, 0.29) is 25.2 Å². The summed E-state index contributed by atoms with van der Waals surface area (Å²) in [6, 6.07) is 4.98. The summed E-state index contributed by atoms with van der Waals surface area (Å²) in [5.74, 6) is 0.613. The second-order valence-corrected chi connectivity index (χ2v) is 6.23. The minimum absolute atomic E-state index is 0.0414. The van der Waals surface area contributed by atoms with Gasteiger partial charge < -0.3 is 14.8 Å². The number of amides is 2. The molecule has 0 spiro atoms. The number of aromatic nitrogens is 2. The zero-order chi connectivity index (χ0) is 19.3. The van der Waals surface area contributed by atoms with Crippen LogP contribution in [0.15, 0.2) is 36.7 Å². The predicted molar refractivity (Wildman–Crippen MR) is 92.5 cm³/mol. The summed E-state index contributed by atoms with van der Waals surface area (Å²) in [4.78, 5) is 18.1. The molecule has 2 amide bonds. The lowest BCUT2D eigenvalue weighted by Crippen LogP contribution is -2.43. The Balaban J connectivity index is 2.19. The molecule has 0 aliphatic rings. The topological polar surface area (TPSA) is 50.2 Å². The third-order valence-electron chi connectivity index (χ3n) is 3.93. The first-order valence-corrected chi connectivity index (χ1v) is 8.43. The number of halogens is 3. The van der Waals surface area contributed by atoms with Crippen LogP contribution in [0, 0.1) is 0 Å². The molecule has 1 aromatic carbocycles. The second-order valence-electron chi connectivity index (χ2n) is 6.23. The van der Waals surface area contributed by atoms with E-state index in [0.717, 1.165) is 12.1 Å². The molecule has 0 aliphatic carbocycles. The van der Waals surface area contributed by atoms with Crippen LogP contribution in [-0.2, 0) is 19.3 Å². The lowest BCUT2D eigenvalue weighted by Gasteiger charge is -2.26. The van der Waals surface area contributed by atoms with Gasteiger partial charge in [0.25, 0.3) is 0 Å². The van der Waals surface area contributed by atoms with E-state index < -0.39 is 11.7 Å². The van der Waals surface area contributed by atoms with E-state index >= 15 is 0 Å². The Hall–Kier alpha value is -2.51. The van der Waals surface area contributed by atoms with Crippen molar-refractivity contribution in [3.63, 3.8) is 0 Å². The molecular weight excluding hydrogens is 345 g/mol. The van der Waals surface area contributed by atoms with Crippen LogP contribution in [0.3, 0.4) is 0 Å². The molecule has 0 saturated carbocycles. The fourth-order valence-electron chi connectivity index (χ4n) is 2.57. The number of urea groups is 1. The number of carbonyl (C=O) groups is 1. The summed E-state index contributed by atoms with van der Waals surface area (Å²) in [5, 5.41) is 2.76. The van der Waals surface area contributed by atoms with E-state index in [4.69, 9.17) is 0 Å². The molecule has 0 radical (unpaired) electrons. The molecule has 2 rings (SSSR count). The highest BCUT2D eigenvalue weighted by Crippen LogP contribution is 2.29. The largest absolute Gasteiger partial charge is 0.416 e. The number of nitrogens with one attached hydrogen (secondary N) is 1. The van der Waals surface area contributed by atoms with Crippen molar-refractivity contribution in [3.8, 4) is 0 Å². The Morgan fingerprint density at radius 1 is 1.35 bits per heavy atom. The number of alkyl halides is 3. The first kappa shape index (κ1) is 19.8. The predicted octanol–water partition coefficient (Wildman–Crippen LogP) is 3.89.